The smallest absolute Gasteiger partial charge is 0.232 e. The largest absolute Gasteiger partial charge is 0.497 e. The number of amides is 1. The van der Waals surface area contributed by atoms with Crippen molar-refractivity contribution in [3.63, 3.8) is 0 Å². The molecule has 0 bridgehead atoms. The monoisotopic (exact) mass is 305 g/mol. The fraction of sp³-hybridized carbons (Fsp3) is 0.611. The SMILES string of the molecule is COc1ccc(C(C(=O)N(C)C)C2(O)CCCCCC2)cc1. The maximum absolute atomic E-state index is 12.7. The van der Waals surface area contributed by atoms with Crippen LogP contribution in [0.1, 0.15) is 50.0 Å². The summed E-state index contributed by atoms with van der Waals surface area (Å²) in [5.41, 5.74) is -0.0872. The van der Waals surface area contributed by atoms with Gasteiger partial charge in [-0.05, 0) is 30.5 Å². The number of carbonyl (C=O) groups is 1. The Morgan fingerprint density at radius 3 is 2.14 bits per heavy atom. The van der Waals surface area contributed by atoms with Gasteiger partial charge in [0.05, 0.1) is 18.6 Å². The summed E-state index contributed by atoms with van der Waals surface area (Å²) in [6, 6.07) is 7.50. The number of benzene rings is 1. The number of carbonyl (C=O) groups excluding carboxylic acids is 1. The maximum atomic E-state index is 12.7. The Kier molecular flexibility index (Phi) is 5.46. The number of nitrogens with zero attached hydrogens (tertiary/aromatic N) is 1. The molecular formula is C18H27NO3. The summed E-state index contributed by atoms with van der Waals surface area (Å²) < 4.78 is 5.19. The molecule has 1 N–H and O–H groups in total. The van der Waals surface area contributed by atoms with Gasteiger partial charge in [-0.2, -0.15) is 0 Å². The molecule has 0 aliphatic heterocycles. The minimum absolute atomic E-state index is 0.0328. The van der Waals surface area contributed by atoms with E-state index in [4.69, 9.17) is 4.74 Å². The lowest BCUT2D eigenvalue weighted by Crippen LogP contribution is -2.44. The van der Waals surface area contributed by atoms with Gasteiger partial charge in [0.2, 0.25) is 5.91 Å². The van der Waals surface area contributed by atoms with Crippen molar-refractivity contribution in [2.24, 2.45) is 0 Å². The standard InChI is InChI=1S/C18H27NO3/c1-19(2)17(20)16(14-8-10-15(22-3)11-9-14)18(21)12-6-4-5-7-13-18/h8-11,16,21H,4-7,12-13H2,1-3H3. The number of aliphatic hydroxyl groups is 1. The molecule has 1 aliphatic carbocycles. The zero-order chi connectivity index (χ0) is 16.2. The Labute approximate surface area is 133 Å². The average molecular weight is 305 g/mol. The number of hydrogen-bond donors (Lipinski definition) is 1. The normalized spacial score (nSPS) is 19.1. The van der Waals surface area contributed by atoms with E-state index in [-0.39, 0.29) is 5.91 Å². The predicted molar refractivity (Wildman–Crippen MR) is 87.1 cm³/mol. The highest BCUT2D eigenvalue weighted by Crippen LogP contribution is 2.40. The van der Waals surface area contributed by atoms with E-state index in [0.29, 0.717) is 12.8 Å². The molecule has 0 spiro atoms. The molecule has 4 nitrogen and oxygen atoms in total. The van der Waals surface area contributed by atoms with Crippen LogP contribution in [0.3, 0.4) is 0 Å². The Hall–Kier alpha value is -1.55. The van der Waals surface area contributed by atoms with Gasteiger partial charge >= 0.3 is 0 Å². The van der Waals surface area contributed by atoms with E-state index in [1.807, 2.05) is 24.3 Å². The van der Waals surface area contributed by atoms with Crippen LogP contribution in [0.15, 0.2) is 24.3 Å². The Morgan fingerprint density at radius 2 is 1.68 bits per heavy atom. The molecule has 0 radical (unpaired) electrons. The number of likely N-dealkylation sites (N-methyl/N-ethyl adjacent to an activating group) is 1. The predicted octanol–water partition coefficient (Wildman–Crippen LogP) is 2.95. The van der Waals surface area contributed by atoms with Crippen LogP contribution in [0.4, 0.5) is 0 Å². The van der Waals surface area contributed by atoms with Crippen LogP contribution in [0.25, 0.3) is 0 Å². The topological polar surface area (TPSA) is 49.8 Å². The number of hydrogen-bond acceptors (Lipinski definition) is 3. The Morgan fingerprint density at radius 1 is 1.14 bits per heavy atom. The third-order valence-corrected chi connectivity index (χ3v) is 4.64. The lowest BCUT2D eigenvalue weighted by Gasteiger charge is -2.36. The van der Waals surface area contributed by atoms with Gasteiger partial charge < -0.3 is 14.7 Å². The van der Waals surface area contributed by atoms with Crippen molar-refractivity contribution in [1.29, 1.82) is 0 Å². The van der Waals surface area contributed by atoms with E-state index in [2.05, 4.69) is 0 Å². The van der Waals surface area contributed by atoms with Gasteiger partial charge in [0.1, 0.15) is 5.75 Å². The first kappa shape index (κ1) is 16.8. The van der Waals surface area contributed by atoms with Gasteiger partial charge in [0, 0.05) is 14.1 Å². The van der Waals surface area contributed by atoms with E-state index < -0.39 is 11.5 Å². The summed E-state index contributed by atoms with van der Waals surface area (Å²) in [6.45, 7) is 0. The van der Waals surface area contributed by atoms with E-state index in [9.17, 15) is 9.90 Å². The molecule has 4 heteroatoms. The second kappa shape index (κ2) is 7.14. The van der Waals surface area contributed by atoms with Gasteiger partial charge in [-0.15, -0.1) is 0 Å². The molecule has 2 rings (SSSR count). The summed E-state index contributed by atoms with van der Waals surface area (Å²) in [4.78, 5) is 14.3. The molecule has 1 unspecified atom stereocenters. The Bertz CT molecular complexity index is 488. The van der Waals surface area contributed by atoms with Crippen molar-refractivity contribution in [3.8, 4) is 5.75 Å². The second-order valence-electron chi connectivity index (χ2n) is 6.46. The lowest BCUT2D eigenvalue weighted by molar-refractivity contribution is -0.138. The van der Waals surface area contributed by atoms with Crippen LogP contribution in [0.5, 0.6) is 5.75 Å². The van der Waals surface area contributed by atoms with E-state index in [0.717, 1.165) is 37.0 Å². The summed E-state index contributed by atoms with van der Waals surface area (Å²) in [5.74, 6) is 0.216. The molecule has 1 aliphatic rings. The first-order valence-electron chi connectivity index (χ1n) is 8.05. The average Bonchev–Trinajstić information content (AvgIpc) is 2.73. The fourth-order valence-corrected chi connectivity index (χ4v) is 3.37. The molecule has 1 fully saturated rings. The zero-order valence-electron chi connectivity index (χ0n) is 13.8. The van der Waals surface area contributed by atoms with Gasteiger partial charge in [0.15, 0.2) is 0 Å². The van der Waals surface area contributed by atoms with Crippen LogP contribution in [-0.4, -0.2) is 42.7 Å². The van der Waals surface area contributed by atoms with E-state index in [1.54, 1.807) is 26.1 Å². The van der Waals surface area contributed by atoms with E-state index in [1.165, 1.54) is 0 Å². The van der Waals surface area contributed by atoms with Crippen molar-refractivity contribution in [1.82, 2.24) is 4.90 Å². The number of ether oxygens (including phenoxy) is 1. The highest BCUT2D eigenvalue weighted by molar-refractivity contribution is 5.84. The molecule has 1 amide bonds. The van der Waals surface area contributed by atoms with Gasteiger partial charge in [-0.1, -0.05) is 37.8 Å². The number of methoxy groups -OCH3 is 1. The van der Waals surface area contributed by atoms with Crippen molar-refractivity contribution in [2.75, 3.05) is 21.2 Å². The summed E-state index contributed by atoms with van der Waals surface area (Å²) in [6.07, 6.45) is 5.59. The van der Waals surface area contributed by atoms with Crippen molar-refractivity contribution >= 4 is 5.91 Å². The molecule has 1 aromatic rings. The van der Waals surface area contributed by atoms with Crippen molar-refractivity contribution in [2.45, 2.75) is 50.0 Å². The van der Waals surface area contributed by atoms with Gasteiger partial charge in [-0.3, -0.25) is 4.79 Å². The second-order valence-corrected chi connectivity index (χ2v) is 6.46. The molecule has 22 heavy (non-hydrogen) atoms. The molecule has 1 aromatic carbocycles. The van der Waals surface area contributed by atoms with Crippen LogP contribution >= 0.6 is 0 Å². The first-order chi connectivity index (χ1) is 10.5. The summed E-state index contributed by atoms with van der Waals surface area (Å²) in [7, 11) is 5.12. The first-order valence-corrected chi connectivity index (χ1v) is 8.05. The highest BCUT2D eigenvalue weighted by Gasteiger charge is 2.43. The van der Waals surface area contributed by atoms with E-state index >= 15 is 0 Å². The summed E-state index contributed by atoms with van der Waals surface area (Å²) in [5, 5.41) is 11.2. The molecule has 122 valence electrons. The van der Waals surface area contributed by atoms with Crippen LogP contribution in [-0.2, 0) is 4.79 Å². The maximum Gasteiger partial charge on any atom is 0.232 e. The molecule has 0 saturated heterocycles. The quantitative estimate of drug-likeness (QED) is 0.870. The van der Waals surface area contributed by atoms with Crippen molar-refractivity contribution < 1.29 is 14.6 Å². The molecule has 1 atom stereocenters. The fourth-order valence-electron chi connectivity index (χ4n) is 3.37. The Balaban J connectivity index is 2.38. The minimum Gasteiger partial charge on any atom is -0.497 e. The van der Waals surface area contributed by atoms with Gasteiger partial charge in [-0.25, -0.2) is 0 Å². The third-order valence-electron chi connectivity index (χ3n) is 4.64. The zero-order valence-corrected chi connectivity index (χ0v) is 13.8. The molecular weight excluding hydrogens is 278 g/mol. The molecule has 0 aromatic heterocycles. The third kappa shape index (κ3) is 3.61. The minimum atomic E-state index is -0.952. The van der Waals surface area contributed by atoms with Crippen LogP contribution in [0.2, 0.25) is 0 Å². The van der Waals surface area contributed by atoms with Gasteiger partial charge in [0.25, 0.3) is 0 Å². The lowest BCUT2D eigenvalue weighted by atomic mass is 9.76. The number of rotatable bonds is 4. The molecule has 0 heterocycles. The van der Waals surface area contributed by atoms with Crippen LogP contribution in [0, 0.1) is 0 Å². The van der Waals surface area contributed by atoms with Crippen molar-refractivity contribution in [3.05, 3.63) is 29.8 Å². The summed E-state index contributed by atoms with van der Waals surface area (Å²) >= 11 is 0. The molecule has 1 saturated carbocycles. The van der Waals surface area contributed by atoms with Crippen LogP contribution < -0.4 is 4.74 Å². The highest BCUT2D eigenvalue weighted by atomic mass is 16.5.